The molecule has 0 aliphatic heterocycles. The van der Waals surface area contributed by atoms with Gasteiger partial charge in [0.05, 0.1) is 9.26 Å². The van der Waals surface area contributed by atoms with Crippen molar-refractivity contribution in [3.05, 3.63) is 20.2 Å². The zero-order valence-corrected chi connectivity index (χ0v) is 11.0. The van der Waals surface area contributed by atoms with Crippen LogP contribution in [0.2, 0.25) is 5.15 Å². The Balaban J connectivity index is 2.34. The molecule has 1 saturated carbocycles. The van der Waals surface area contributed by atoms with E-state index in [4.69, 9.17) is 11.6 Å². The summed E-state index contributed by atoms with van der Waals surface area (Å²) < 4.78 is 0.978. The molecule has 1 fully saturated rings. The summed E-state index contributed by atoms with van der Waals surface area (Å²) in [6.07, 6.45) is 5.04. The van der Waals surface area contributed by atoms with Gasteiger partial charge in [0.2, 0.25) is 0 Å². The molecule has 0 radical (unpaired) electrons. The summed E-state index contributed by atoms with van der Waals surface area (Å²) in [6, 6.07) is 0. The number of aromatic nitrogens is 2. The fourth-order valence-corrected chi connectivity index (χ4v) is 2.38. The van der Waals surface area contributed by atoms with E-state index in [0.717, 1.165) is 15.1 Å². The van der Waals surface area contributed by atoms with Crippen LogP contribution in [0.3, 0.4) is 0 Å². The van der Waals surface area contributed by atoms with E-state index in [1.54, 1.807) is 0 Å². The largest absolute Gasteiger partial charge is 0.237 e. The zero-order valence-electron chi connectivity index (χ0n) is 8.06. The number of nitrogens with zero attached hydrogens (tertiary/aromatic N) is 2. The van der Waals surface area contributed by atoms with Crippen molar-refractivity contribution < 1.29 is 0 Å². The van der Waals surface area contributed by atoms with Gasteiger partial charge in [0.25, 0.3) is 0 Å². The molecular formula is C10H12ClIN2. The van der Waals surface area contributed by atoms with Crippen LogP contribution < -0.4 is 0 Å². The molecule has 1 aliphatic carbocycles. The minimum atomic E-state index is 0.545. The van der Waals surface area contributed by atoms with Crippen LogP contribution in [0.1, 0.15) is 43.1 Å². The highest BCUT2D eigenvalue weighted by Gasteiger charge is 2.21. The number of aryl methyl sites for hydroxylation is 1. The Kier molecular flexibility index (Phi) is 3.27. The first-order valence-electron chi connectivity index (χ1n) is 4.88. The van der Waals surface area contributed by atoms with Gasteiger partial charge in [0, 0.05) is 5.92 Å². The molecule has 0 saturated heterocycles. The summed E-state index contributed by atoms with van der Waals surface area (Å²) in [5.74, 6) is 1.49. The lowest BCUT2D eigenvalue weighted by atomic mass is 10.1. The van der Waals surface area contributed by atoms with Gasteiger partial charge in [-0.25, -0.2) is 9.97 Å². The minimum absolute atomic E-state index is 0.545. The fourth-order valence-electron chi connectivity index (χ4n) is 1.91. The molecule has 2 rings (SSSR count). The second-order valence-corrected chi connectivity index (χ2v) is 5.19. The molecule has 4 heteroatoms. The first-order chi connectivity index (χ1) is 6.68. The highest BCUT2D eigenvalue weighted by atomic mass is 127. The van der Waals surface area contributed by atoms with Gasteiger partial charge in [-0.2, -0.15) is 0 Å². The van der Waals surface area contributed by atoms with Crippen LogP contribution in [0.4, 0.5) is 0 Å². The normalized spacial score (nSPS) is 17.6. The van der Waals surface area contributed by atoms with Crippen LogP contribution in [-0.2, 0) is 0 Å². The van der Waals surface area contributed by atoms with Crippen molar-refractivity contribution in [3.8, 4) is 0 Å². The summed E-state index contributed by atoms with van der Waals surface area (Å²) in [5.41, 5.74) is 1.01. The molecule has 0 bridgehead atoms. The van der Waals surface area contributed by atoms with Crippen LogP contribution >= 0.6 is 34.2 Å². The number of halogens is 2. The molecule has 0 aromatic carbocycles. The van der Waals surface area contributed by atoms with Crippen molar-refractivity contribution in [1.29, 1.82) is 0 Å². The molecular weight excluding hydrogens is 310 g/mol. The summed E-state index contributed by atoms with van der Waals surface area (Å²) >= 11 is 8.23. The van der Waals surface area contributed by atoms with Gasteiger partial charge in [-0.3, -0.25) is 0 Å². The molecule has 1 heterocycles. The molecule has 1 aromatic heterocycles. The second kappa shape index (κ2) is 4.31. The minimum Gasteiger partial charge on any atom is -0.237 e. The predicted molar refractivity (Wildman–Crippen MR) is 65.7 cm³/mol. The number of hydrogen-bond donors (Lipinski definition) is 0. The summed E-state index contributed by atoms with van der Waals surface area (Å²) in [6.45, 7) is 1.99. The Labute approximate surface area is 103 Å². The first kappa shape index (κ1) is 10.6. The molecule has 14 heavy (non-hydrogen) atoms. The third kappa shape index (κ3) is 2.03. The monoisotopic (exact) mass is 322 g/mol. The van der Waals surface area contributed by atoms with Crippen molar-refractivity contribution in [2.24, 2.45) is 0 Å². The lowest BCUT2D eigenvalue weighted by Gasteiger charge is -2.09. The summed E-state index contributed by atoms with van der Waals surface area (Å²) in [5, 5.41) is 0.611. The van der Waals surface area contributed by atoms with E-state index in [1.165, 1.54) is 25.7 Å². The molecule has 0 amide bonds. The van der Waals surface area contributed by atoms with Gasteiger partial charge in [-0.05, 0) is 42.4 Å². The zero-order chi connectivity index (χ0) is 10.1. The van der Waals surface area contributed by atoms with Crippen molar-refractivity contribution in [3.63, 3.8) is 0 Å². The Morgan fingerprint density at radius 2 is 1.93 bits per heavy atom. The highest BCUT2D eigenvalue weighted by Crippen LogP contribution is 2.33. The average molecular weight is 323 g/mol. The van der Waals surface area contributed by atoms with Gasteiger partial charge in [0.1, 0.15) is 11.0 Å². The molecule has 0 N–H and O–H groups in total. The quantitative estimate of drug-likeness (QED) is 0.582. The first-order valence-corrected chi connectivity index (χ1v) is 6.33. The van der Waals surface area contributed by atoms with Gasteiger partial charge in [0.15, 0.2) is 0 Å². The van der Waals surface area contributed by atoms with E-state index >= 15 is 0 Å². The molecule has 0 atom stereocenters. The van der Waals surface area contributed by atoms with Gasteiger partial charge in [-0.15, -0.1) is 0 Å². The lowest BCUT2D eigenvalue weighted by molar-refractivity contribution is 0.662. The van der Waals surface area contributed by atoms with E-state index in [1.807, 2.05) is 6.92 Å². The summed E-state index contributed by atoms with van der Waals surface area (Å²) in [4.78, 5) is 8.87. The number of rotatable bonds is 1. The molecule has 2 nitrogen and oxygen atoms in total. The van der Waals surface area contributed by atoms with Crippen LogP contribution in [0, 0.1) is 10.5 Å². The molecule has 0 unspecified atom stereocenters. The van der Waals surface area contributed by atoms with Crippen molar-refractivity contribution in [2.45, 2.75) is 38.5 Å². The highest BCUT2D eigenvalue weighted by molar-refractivity contribution is 14.1. The lowest BCUT2D eigenvalue weighted by Crippen LogP contribution is -2.04. The maximum Gasteiger partial charge on any atom is 0.146 e. The van der Waals surface area contributed by atoms with E-state index in [-0.39, 0.29) is 0 Å². The van der Waals surface area contributed by atoms with Crippen LogP contribution in [0.25, 0.3) is 0 Å². The predicted octanol–water partition coefficient (Wildman–Crippen LogP) is 3.70. The van der Waals surface area contributed by atoms with Crippen LogP contribution in [-0.4, -0.2) is 9.97 Å². The van der Waals surface area contributed by atoms with Crippen molar-refractivity contribution in [2.75, 3.05) is 0 Å². The Morgan fingerprint density at radius 3 is 2.50 bits per heavy atom. The molecule has 1 aromatic rings. The molecule has 76 valence electrons. The van der Waals surface area contributed by atoms with Gasteiger partial charge < -0.3 is 0 Å². The standard InChI is InChI=1S/C10H12ClIN2/c1-6-8(12)9(11)14-10(13-6)7-4-2-3-5-7/h7H,2-5H2,1H3. The fraction of sp³-hybridized carbons (Fsp3) is 0.600. The van der Waals surface area contributed by atoms with E-state index in [0.29, 0.717) is 11.1 Å². The topological polar surface area (TPSA) is 25.8 Å². The van der Waals surface area contributed by atoms with Crippen LogP contribution in [0.5, 0.6) is 0 Å². The van der Waals surface area contributed by atoms with E-state index < -0.39 is 0 Å². The van der Waals surface area contributed by atoms with Crippen molar-refractivity contribution in [1.82, 2.24) is 9.97 Å². The summed E-state index contributed by atoms with van der Waals surface area (Å²) in [7, 11) is 0. The van der Waals surface area contributed by atoms with Gasteiger partial charge in [-0.1, -0.05) is 24.4 Å². The maximum absolute atomic E-state index is 6.04. The molecule has 1 aliphatic rings. The van der Waals surface area contributed by atoms with Crippen LogP contribution in [0.15, 0.2) is 0 Å². The maximum atomic E-state index is 6.04. The Hall–Kier alpha value is 0.100. The Morgan fingerprint density at radius 1 is 1.29 bits per heavy atom. The smallest absolute Gasteiger partial charge is 0.146 e. The molecule has 0 spiro atoms. The van der Waals surface area contributed by atoms with Gasteiger partial charge >= 0.3 is 0 Å². The third-order valence-electron chi connectivity index (χ3n) is 2.71. The van der Waals surface area contributed by atoms with Crippen molar-refractivity contribution >= 4 is 34.2 Å². The van der Waals surface area contributed by atoms with E-state index in [2.05, 4.69) is 32.6 Å². The SMILES string of the molecule is Cc1nc(C2CCCC2)nc(Cl)c1I. The number of hydrogen-bond acceptors (Lipinski definition) is 2. The second-order valence-electron chi connectivity index (χ2n) is 3.75. The average Bonchev–Trinajstić information content (AvgIpc) is 2.66. The van der Waals surface area contributed by atoms with E-state index in [9.17, 15) is 0 Å². The Bertz CT molecular complexity index is 325. The third-order valence-corrected chi connectivity index (χ3v) is 4.60.